The van der Waals surface area contributed by atoms with Gasteiger partial charge in [-0.05, 0) is 36.4 Å². The monoisotopic (exact) mass is 564 g/mol. The molecular weight excluding hydrogens is 552 g/mol. The highest BCUT2D eigenvalue weighted by atomic mass is 19.4. The maximum absolute atomic E-state index is 13.6. The van der Waals surface area contributed by atoms with Crippen LogP contribution >= 0.6 is 0 Å². The Morgan fingerprint density at radius 3 is 1.03 bits per heavy atom. The van der Waals surface area contributed by atoms with Crippen LogP contribution in [0.15, 0.2) is 48.5 Å². The molecule has 38 heavy (non-hydrogen) atoms. The fraction of sp³-hybridized carbons (Fsp3) is 0.182. The van der Waals surface area contributed by atoms with Gasteiger partial charge in [-0.15, -0.1) is 0 Å². The van der Waals surface area contributed by atoms with E-state index >= 15 is 0 Å². The number of alkyl halides is 12. The highest BCUT2D eigenvalue weighted by molar-refractivity contribution is 5.62. The highest BCUT2D eigenvalue weighted by Gasteiger charge is 2.42. The minimum Gasteiger partial charge on any atom is -0.453 e. The number of nitrogen functional groups attached to an aromatic ring is 2. The first-order chi connectivity index (χ1) is 17.2. The van der Waals surface area contributed by atoms with Gasteiger partial charge in [-0.25, -0.2) is 0 Å². The molecule has 0 saturated carbocycles. The molecule has 3 rings (SSSR count). The fourth-order valence-corrected chi connectivity index (χ4v) is 3.22. The van der Waals surface area contributed by atoms with E-state index in [4.69, 9.17) is 20.9 Å². The van der Waals surface area contributed by atoms with Crippen LogP contribution < -0.4 is 20.9 Å². The molecule has 0 radical (unpaired) electrons. The standard InChI is InChI=1S/C22H12F12N2O2/c23-19(24,25)9-5-11(35)17(21(29,30)31)15(7-9)37-13-3-1-2-4-14(13)38-16-8-10(20(26,27)28)6-12(36)18(16)22(32,33)34/h1-8H,35-36H2. The molecular formula is C22H12F12N2O2. The summed E-state index contributed by atoms with van der Waals surface area (Å²) >= 11 is 0. The molecule has 0 aliphatic rings. The van der Waals surface area contributed by atoms with Crippen LogP contribution in [0.4, 0.5) is 64.1 Å². The summed E-state index contributed by atoms with van der Waals surface area (Å²) in [5.74, 6) is -4.78. The van der Waals surface area contributed by atoms with E-state index in [1.807, 2.05) is 0 Å². The van der Waals surface area contributed by atoms with Crippen molar-refractivity contribution in [2.24, 2.45) is 0 Å². The van der Waals surface area contributed by atoms with E-state index in [1.54, 1.807) is 0 Å². The lowest BCUT2D eigenvalue weighted by molar-refractivity contribution is -0.141. The van der Waals surface area contributed by atoms with Crippen LogP contribution in [0, 0.1) is 0 Å². The molecule has 0 heterocycles. The minimum absolute atomic E-state index is 0.000885. The van der Waals surface area contributed by atoms with Gasteiger partial charge >= 0.3 is 24.7 Å². The predicted molar refractivity (Wildman–Crippen MR) is 108 cm³/mol. The van der Waals surface area contributed by atoms with Crippen LogP contribution in [-0.4, -0.2) is 0 Å². The van der Waals surface area contributed by atoms with Gasteiger partial charge in [-0.3, -0.25) is 0 Å². The van der Waals surface area contributed by atoms with Gasteiger partial charge in [0, 0.05) is 11.4 Å². The number of rotatable bonds is 4. The Kier molecular flexibility index (Phi) is 7.07. The molecule has 0 spiro atoms. The second-order valence-electron chi connectivity index (χ2n) is 7.52. The SMILES string of the molecule is Nc1cc(C(F)(F)F)cc(Oc2ccccc2Oc2cc(C(F)(F)F)cc(N)c2C(F)(F)F)c1C(F)(F)F. The fourth-order valence-electron chi connectivity index (χ4n) is 3.22. The van der Waals surface area contributed by atoms with Crippen LogP contribution in [0.3, 0.4) is 0 Å². The van der Waals surface area contributed by atoms with Crippen molar-refractivity contribution in [2.45, 2.75) is 24.7 Å². The molecule has 0 bridgehead atoms. The first kappa shape index (κ1) is 28.6. The van der Waals surface area contributed by atoms with E-state index in [1.165, 1.54) is 0 Å². The predicted octanol–water partition coefficient (Wildman–Crippen LogP) is 8.51. The zero-order chi connectivity index (χ0) is 28.8. The average Bonchev–Trinajstić information content (AvgIpc) is 2.71. The van der Waals surface area contributed by atoms with Crippen molar-refractivity contribution in [1.29, 1.82) is 0 Å². The van der Waals surface area contributed by atoms with E-state index in [-0.39, 0.29) is 24.3 Å². The van der Waals surface area contributed by atoms with Crippen LogP contribution in [0.1, 0.15) is 22.3 Å². The number of hydrogen-bond donors (Lipinski definition) is 2. The number of nitrogens with two attached hydrogens (primary N) is 2. The molecule has 206 valence electrons. The van der Waals surface area contributed by atoms with Crippen LogP contribution in [0.25, 0.3) is 0 Å². The van der Waals surface area contributed by atoms with E-state index < -0.39 is 81.3 Å². The first-order valence-corrected chi connectivity index (χ1v) is 9.80. The van der Waals surface area contributed by atoms with Crippen molar-refractivity contribution in [3.05, 3.63) is 70.8 Å². The summed E-state index contributed by atoms with van der Waals surface area (Å²) in [6.45, 7) is 0. The largest absolute Gasteiger partial charge is 0.453 e. The lowest BCUT2D eigenvalue weighted by atomic mass is 10.1. The Morgan fingerprint density at radius 2 is 0.763 bits per heavy atom. The van der Waals surface area contributed by atoms with Gasteiger partial charge in [0.05, 0.1) is 11.1 Å². The number of benzene rings is 3. The van der Waals surface area contributed by atoms with Gasteiger partial charge in [-0.2, -0.15) is 52.7 Å². The zero-order valence-corrected chi connectivity index (χ0v) is 18.1. The van der Waals surface area contributed by atoms with Gasteiger partial charge in [0.25, 0.3) is 0 Å². The number of ether oxygens (including phenoxy) is 2. The average molecular weight is 564 g/mol. The molecule has 0 aliphatic heterocycles. The first-order valence-electron chi connectivity index (χ1n) is 9.80. The van der Waals surface area contributed by atoms with Gasteiger partial charge in [0.2, 0.25) is 0 Å². The third-order valence-electron chi connectivity index (χ3n) is 4.78. The van der Waals surface area contributed by atoms with E-state index in [9.17, 15) is 52.7 Å². The van der Waals surface area contributed by atoms with Gasteiger partial charge in [0.15, 0.2) is 11.5 Å². The number of halogens is 12. The Hall–Kier alpha value is -3.98. The molecule has 3 aromatic rings. The maximum Gasteiger partial charge on any atom is 0.421 e. The quantitative estimate of drug-likeness (QED) is 0.246. The zero-order valence-electron chi connectivity index (χ0n) is 18.1. The molecule has 0 aromatic heterocycles. The Balaban J connectivity index is 2.19. The van der Waals surface area contributed by atoms with Crippen molar-refractivity contribution in [1.82, 2.24) is 0 Å². The molecule has 16 heteroatoms. The molecule has 0 amide bonds. The molecule has 0 atom stereocenters. The second kappa shape index (κ2) is 9.40. The van der Waals surface area contributed by atoms with Gasteiger partial charge < -0.3 is 20.9 Å². The topological polar surface area (TPSA) is 70.5 Å². The number of para-hydroxylation sites is 2. The van der Waals surface area contributed by atoms with Crippen LogP contribution in [-0.2, 0) is 24.7 Å². The molecule has 0 fully saturated rings. The minimum atomic E-state index is -5.35. The Bertz CT molecular complexity index is 1240. The number of hydrogen-bond acceptors (Lipinski definition) is 4. The molecule has 0 saturated heterocycles. The summed E-state index contributed by atoms with van der Waals surface area (Å²) in [6, 6.07) is 3.57. The Morgan fingerprint density at radius 1 is 0.447 bits per heavy atom. The van der Waals surface area contributed by atoms with Crippen molar-refractivity contribution >= 4 is 11.4 Å². The summed E-state index contributed by atoms with van der Waals surface area (Å²) in [5.41, 5.74) is 0.605. The van der Waals surface area contributed by atoms with Crippen molar-refractivity contribution in [3.63, 3.8) is 0 Å². The summed E-state index contributed by atoms with van der Waals surface area (Å²) in [4.78, 5) is 0. The number of anilines is 2. The third-order valence-corrected chi connectivity index (χ3v) is 4.78. The van der Waals surface area contributed by atoms with Crippen molar-refractivity contribution in [2.75, 3.05) is 11.5 Å². The van der Waals surface area contributed by atoms with E-state index in [2.05, 4.69) is 0 Å². The van der Waals surface area contributed by atoms with Crippen LogP contribution in [0.2, 0.25) is 0 Å². The van der Waals surface area contributed by atoms with Gasteiger partial charge in [0.1, 0.15) is 22.6 Å². The molecule has 4 N–H and O–H groups in total. The summed E-state index contributed by atoms with van der Waals surface area (Å²) in [6.07, 6.45) is -21.1. The lowest BCUT2D eigenvalue weighted by Gasteiger charge is -2.21. The van der Waals surface area contributed by atoms with Crippen molar-refractivity contribution in [3.8, 4) is 23.0 Å². The molecule has 4 nitrogen and oxygen atoms in total. The highest BCUT2D eigenvalue weighted by Crippen LogP contribution is 2.49. The normalized spacial score (nSPS) is 12.9. The summed E-state index contributed by atoms with van der Waals surface area (Å²) in [5, 5.41) is 0. The molecule has 0 aliphatic carbocycles. The van der Waals surface area contributed by atoms with Gasteiger partial charge in [-0.1, -0.05) is 12.1 Å². The molecule has 3 aromatic carbocycles. The summed E-state index contributed by atoms with van der Waals surface area (Å²) < 4.78 is 170. The smallest absolute Gasteiger partial charge is 0.421 e. The second-order valence-corrected chi connectivity index (χ2v) is 7.52. The van der Waals surface area contributed by atoms with E-state index in [0.29, 0.717) is 0 Å². The Labute approximate surface area is 204 Å². The third kappa shape index (κ3) is 6.11. The van der Waals surface area contributed by atoms with E-state index in [0.717, 1.165) is 24.3 Å². The maximum atomic E-state index is 13.6. The molecule has 0 unspecified atom stereocenters. The lowest BCUT2D eigenvalue weighted by Crippen LogP contribution is -2.15. The van der Waals surface area contributed by atoms with Crippen molar-refractivity contribution < 1.29 is 62.2 Å². The van der Waals surface area contributed by atoms with Crippen LogP contribution in [0.5, 0.6) is 23.0 Å². The summed E-state index contributed by atoms with van der Waals surface area (Å²) in [7, 11) is 0.